The topological polar surface area (TPSA) is 37.3 Å². The molecule has 166 valence electrons. The van der Waals surface area contributed by atoms with Crippen LogP contribution in [0.3, 0.4) is 0 Å². The second-order valence-electron chi connectivity index (χ2n) is 8.31. The molecule has 2 heterocycles. The molecule has 4 nitrogen and oxygen atoms in total. The van der Waals surface area contributed by atoms with Crippen LogP contribution in [0.15, 0.2) is 85.1 Å². The van der Waals surface area contributed by atoms with E-state index in [1.165, 1.54) is 12.1 Å². The molecule has 1 atom stereocenters. The zero-order valence-electron chi connectivity index (χ0n) is 18.1. The summed E-state index contributed by atoms with van der Waals surface area (Å²) in [5, 5.41) is 2.99. The number of urea groups is 1. The third-order valence-electron chi connectivity index (χ3n) is 5.99. The van der Waals surface area contributed by atoms with E-state index >= 15 is 0 Å². The summed E-state index contributed by atoms with van der Waals surface area (Å²) in [5.74, 6) is -1.35. The fraction of sp³-hybridized carbons (Fsp3) is 0.148. The summed E-state index contributed by atoms with van der Waals surface area (Å²) in [7, 11) is 0. The molecule has 4 aromatic rings. The number of rotatable bonds is 3. The molecule has 1 aliphatic heterocycles. The van der Waals surface area contributed by atoms with E-state index in [0.29, 0.717) is 18.7 Å². The lowest BCUT2D eigenvalue weighted by Crippen LogP contribution is -2.41. The average molecular weight is 443 g/mol. The fourth-order valence-electron chi connectivity index (χ4n) is 4.41. The van der Waals surface area contributed by atoms with Gasteiger partial charge in [0.05, 0.1) is 18.3 Å². The zero-order chi connectivity index (χ0) is 22.9. The van der Waals surface area contributed by atoms with Crippen LogP contribution in [0, 0.1) is 18.6 Å². The van der Waals surface area contributed by atoms with Crippen LogP contribution < -0.4 is 5.32 Å². The van der Waals surface area contributed by atoms with Crippen LogP contribution in [0.5, 0.6) is 0 Å². The Bertz CT molecular complexity index is 1290. The Labute approximate surface area is 191 Å². The highest BCUT2D eigenvalue weighted by Gasteiger charge is 2.33. The number of nitrogens with zero attached hydrogens (tertiary/aromatic N) is 2. The largest absolute Gasteiger partial charge is 0.334 e. The third-order valence-corrected chi connectivity index (χ3v) is 5.99. The lowest BCUT2D eigenvalue weighted by molar-refractivity contribution is 0.180. The Balaban J connectivity index is 1.57. The van der Waals surface area contributed by atoms with E-state index in [1.54, 1.807) is 4.90 Å². The number of halogens is 2. The van der Waals surface area contributed by atoms with Gasteiger partial charge in [-0.15, -0.1) is 0 Å². The van der Waals surface area contributed by atoms with Crippen molar-refractivity contribution in [1.29, 1.82) is 0 Å². The molecule has 0 bridgehead atoms. The molecule has 2 amide bonds. The SMILES string of the molecule is Cc1ccc(CNC(=O)N2Cc3ccccc3-n3cccc3[C@H]2c2cc(F)cc(F)c2)cc1. The van der Waals surface area contributed by atoms with Crippen molar-refractivity contribution in [1.82, 2.24) is 14.8 Å². The van der Waals surface area contributed by atoms with Gasteiger partial charge in [0.2, 0.25) is 0 Å². The number of para-hydroxylation sites is 1. The number of carbonyl (C=O) groups excluding carboxylic acids is 1. The quantitative estimate of drug-likeness (QED) is 0.422. The molecule has 0 fully saturated rings. The van der Waals surface area contributed by atoms with Gasteiger partial charge in [-0.25, -0.2) is 13.6 Å². The lowest BCUT2D eigenvalue weighted by Gasteiger charge is -2.31. The van der Waals surface area contributed by atoms with Gasteiger partial charge in [0.15, 0.2) is 0 Å². The summed E-state index contributed by atoms with van der Waals surface area (Å²) in [6, 6.07) is 21.9. The third kappa shape index (κ3) is 4.12. The van der Waals surface area contributed by atoms with Crippen LogP contribution in [-0.4, -0.2) is 15.5 Å². The summed E-state index contributed by atoms with van der Waals surface area (Å²) >= 11 is 0. The zero-order valence-corrected chi connectivity index (χ0v) is 18.1. The number of benzene rings is 3. The van der Waals surface area contributed by atoms with E-state index in [9.17, 15) is 13.6 Å². The molecule has 0 unspecified atom stereocenters. The normalized spacial score (nSPS) is 14.9. The highest BCUT2D eigenvalue weighted by atomic mass is 19.1. The molecule has 33 heavy (non-hydrogen) atoms. The Morgan fingerprint density at radius 2 is 1.70 bits per heavy atom. The van der Waals surface area contributed by atoms with Gasteiger partial charge in [-0.3, -0.25) is 0 Å². The van der Waals surface area contributed by atoms with Crippen LogP contribution in [-0.2, 0) is 13.1 Å². The van der Waals surface area contributed by atoms with Gasteiger partial charge in [0.25, 0.3) is 0 Å². The number of fused-ring (bicyclic) bond motifs is 3. The lowest BCUT2D eigenvalue weighted by atomic mass is 10.0. The molecular weight excluding hydrogens is 420 g/mol. The van der Waals surface area contributed by atoms with Crippen molar-refractivity contribution in [3.05, 3.63) is 125 Å². The Hall–Kier alpha value is -3.93. The predicted molar refractivity (Wildman–Crippen MR) is 123 cm³/mol. The van der Waals surface area contributed by atoms with Crippen molar-refractivity contribution < 1.29 is 13.6 Å². The van der Waals surface area contributed by atoms with E-state index in [0.717, 1.165) is 34.1 Å². The van der Waals surface area contributed by atoms with E-state index in [2.05, 4.69) is 5.32 Å². The highest BCUT2D eigenvalue weighted by molar-refractivity contribution is 5.76. The van der Waals surface area contributed by atoms with Crippen molar-refractivity contribution >= 4 is 6.03 Å². The number of amides is 2. The van der Waals surface area contributed by atoms with Crippen LogP contribution >= 0.6 is 0 Å². The minimum Gasteiger partial charge on any atom is -0.334 e. The maximum atomic E-state index is 14.2. The molecule has 6 heteroatoms. The number of aryl methyl sites for hydroxylation is 1. The Kier molecular flexibility index (Phi) is 5.42. The van der Waals surface area contributed by atoms with Gasteiger partial charge in [-0.05, 0) is 53.9 Å². The number of hydrogen-bond donors (Lipinski definition) is 1. The minimum absolute atomic E-state index is 0.292. The fourth-order valence-corrected chi connectivity index (χ4v) is 4.41. The van der Waals surface area contributed by atoms with Gasteiger partial charge in [-0.2, -0.15) is 0 Å². The van der Waals surface area contributed by atoms with Gasteiger partial charge in [0, 0.05) is 24.5 Å². The Morgan fingerprint density at radius 1 is 0.970 bits per heavy atom. The molecule has 1 aromatic heterocycles. The number of carbonyl (C=O) groups is 1. The summed E-state index contributed by atoms with van der Waals surface area (Å²) in [6.45, 7) is 2.65. The highest BCUT2D eigenvalue weighted by Crippen LogP contribution is 2.37. The Morgan fingerprint density at radius 3 is 2.45 bits per heavy atom. The van der Waals surface area contributed by atoms with Gasteiger partial charge in [-0.1, -0.05) is 48.0 Å². The number of hydrogen-bond acceptors (Lipinski definition) is 1. The van der Waals surface area contributed by atoms with E-state index in [-0.39, 0.29) is 6.03 Å². The molecular formula is C27H23F2N3O. The molecule has 0 radical (unpaired) electrons. The summed E-state index contributed by atoms with van der Waals surface area (Å²) in [5.41, 5.74) is 5.14. The van der Waals surface area contributed by atoms with Crippen molar-refractivity contribution in [3.63, 3.8) is 0 Å². The average Bonchev–Trinajstić information content (AvgIpc) is 3.22. The van der Waals surface area contributed by atoms with Gasteiger partial charge < -0.3 is 14.8 Å². The number of aromatic nitrogens is 1. The van der Waals surface area contributed by atoms with Crippen LogP contribution in [0.2, 0.25) is 0 Å². The minimum atomic E-state index is -0.676. The van der Waals surface area contributed by atoms with Gasteiger partial charge in [0.1, 0.15) is 11.6 Å². The summed E-state index contributed by atoms with van der Waals surface area (Å²) in [6.07, 6.45) is 1.91. The molecule has 0 saturated heterocycles. The predicted octanol–water partition coefficient (Wildman–Crippen LogP) is 5.88. The van der Waals surface area contributed by atoms with E-state index in [1.807, 2.05) is 78.4 Å². The molecule has 3 aromatic carbocycles. The summed E-state index contributed by atoms with van der Waals surface area (Å²) in [4.78, 5) is 15.1. The smallest absolute Gasteiger partial charge is 0.318 e. The van der Waals surface area contributed by atoms with Crippen LogP contribution in [0.1, 0.15) is 34.0 Å². The molecule has 0 saturated carbocycles. The van der Waals surface area contributed by atoms with E-state index in [4.69, 9.17) is 0 Å². The van der Waals surface area contributed by atoms with Crippen molar-refractivity contribution in [2.24, 2.45) is 0 Å². The standard InChI is InChI=1S/C27H23F2N3O/c1-18-8-10-19(11-9-18)16-30-27(33)32-17-20-5-2-3-6-24(20)31-12-4-7-25(31)26(32)21-13-22(28)15-23(29)14-21/h2-15,26H,16-17H2,1H3,(H,30,33)/t26-/m1/s1. The molecule has 0 spiro atoms. The first-order chi connectivity index (χ1) is 16.0. The summed E-state index contributed by atoms with van der Waals surface area (Å²) < 4.78 is 30.4. The van der Waals surface area contributed by atoms with Crippen molar-refractivity contribution in [2.75, 3.05) is 0 Å². The van der Waals surface area contributed by atoms with Crippen molar-refractivity contribution in [3.8, 4) is 5.69 Å². The second-order valence-corrected chi connectivity index (χ2v) is 8.31. The monoisotopic (exact) mass is 443 g/mol. The van der Waals surface area contributed by atoms with Crippen LogP contribution in [0.4, 0.5) is 13.6 Å². The molecule has 5 rings (SSSR count). The first kappa shape index (κ1) is 20.9. The second kappa shape index (κ2) is 8.54. The first-order valence-corrected chi connectivity index (χ1v) is 10.8. The maximum absolute atomic E-state index is 14.2. The maximum Gasteiger partial charge on any atom is 0.318 e. The number of nitrogens with one attached hydrogen (secondary N) is 1. The molecule has 1 N–H and O–H groups in total. The van der Waals surface area contributed by atoms with Crippen molar-refractivity contribution in [2.45, 2.75) is 26.1 Å². The first-order valence-electron chi connectivity index (χ1n) is 10.8. The van der Waals surface area contributed by atoms with Crippen LogP contribution in [0.25, 0.3) is 5.69 Å². The van der Waals surface area contributed by atoms with Gasteiger partial charge >= 0.3 is 6.03 Å². The molecule has 0 aliphatic carbocycles. The molecule has 1 aliphatic rings. The van der Waals surface area contributed by atoms with E-state index < -0.39 is 17.7 Å².